The van der Waals surface area contributed by atoms with Crippen molar-refractivity contribution in [2.75, 3.05) is 24.2 Å². The van der Waals surface area contributed by atoms with Gasteiger partial charge < -0.3 is 15.8 Å². The second kappa shape index (κ2) is 9.03. The van der Waals surface area contributed by atoms with E-state index in [1.165, 1.54) is 23.1 Å². The zero-order chi connectivity index (χ0) is 22.0. The average molecular weight is 455 g/mol. The van der Waals surface area contributed by atoms with Crippen molar-refractivity contribution in [2.24, 2.45) is 0 Å². The SMILES string of the molecule is CCNc1nc(SCc2nc(N)c3c(C)c(C(=O)OCC)sc3n2)nc2ccccc12. The quantitative estimate of drug-likeness (QED) is 0.238. The van der Waals surface area contributed by atoms with Crippen LogP contribution in [0.1, 0.15) is 34.9 Å². The number of ether oxygens (including phenoxy) is 1. The molecule has 0 aliphatic rings. The molecule has 0 saturated carbocycles. The minimum Gasteiger partial charge on any atom is -0.462 e. The van der Waals surface area contributed by atoms with Gasteiger partial charge in [-0.05, 0) is 38.5 Å². The molecule has 0 radical (unpaired) electrons. The second-order valence-corrected chi connectivity index (χ2v) is 8.61. The second-order valence-electron chi connectivity index (χ2n) is 6.67. The van der Waals surface area contributed by atoms with Gasteiger partial charge in [0.1, 0.15) is 27.2 Å². The number of nitrogens with one attached hydrogen (secondary N) is 1. The number of aryl methyl sites for hydroxylation is 1. The Hall–Kier alpha value is -2.98. The normalized spacial score (nSPS) is 11.2. The number of thiophene rings is 1. The highest BCUT2D eigenvalue weighted by atomic mass is 32.2. The van der Waals surface area contributed by atoms with E-state index in [4.69, 9.17) is 10.5 Å². The molecule has 0 fully saturated rings. The molecule has 8 nitrogen and oxygen atoms in total. The van der Waals surface area contributed by atoms with E-state index in [0.717, 1.165) is 28.8 Å². The maximum atomic E-state index is 12.2. The number of aromatic nitrogens is 4. The van der Waals surface area contributed by atoms with Crippen LogP contribution in [0.25, 0.3) is 21.1 Å². The lowest BCUT2D eigenvalue weighted by Crippen LogP contribution is -2.04. The number of thioether (sulfide) groups is 1. The van der Waals surface area contributed by atoms with Gasteiger partial charge in [0, 0.05) is 11.9 Å². The van der Waals surface area contributed by atoms with Gasteiger partial charge in [-0.15, -0.1) is 11.3 Å². The van der Waals surface area contributed by atoms with Crippen LogP contribution in [0.4, 0.5) is 11.6 Å². The Bertz CT molecular complexity index is 1270. The van der Waals surface area contributed by atoms with Gasteiger partial charge in [0.2, 0.25) is 0 Å². The van der Waals surface area contributed by atoms with Gasteiger partial charge in [0.05, 0.1) is 23.3 Å². The fourth-order valence-electron chi connectivity index (χ4n) is 3.22. The van der Waals surface area contributed by atoms with Gasteiger partial charge in [0.15, 0.2) is 5.16 Å². The number of carbonyl (C=O) groups is 1. The predicted molar refractivity (Wildman–Crippen MR) is 126 cm³/mol. The summed E-state index contributed by atoms with van der Waals surface area (Å²) < 4.78 is 5.14. The molecule has 10 heteroatoms. The molecule has 0 amide bonds. The zero-order valence-electron chi connectivity index (χ0n) is 17.4. The maximum absolute atomic E-state index is 12.2. The molecule has 0 saturated heterocycles. The largest absolute Gasteiger partial charge is 0.462 e. The first-order valence-corrected chi connectivity index (χ1v) is 11.7. The number of benzene rings is 1. The summed E-state index contributed by atoms with van der Waals surface area (Å²) in [6.07, 6.45) is 0. The van der Waals surface area contributed by atoms with Gasteiger partial charge in [-0.1, -0.05) is 23.9 Å². The summed E-state index contributed by atoms with van der Waals surface area (Å²) in [4.78, 5) is 31.8. The smallest absolute Gasteiger partial charge is 0.348 e. The number of nitrogen functional groups attached to an aromatic ring is 1. The molecule has 0 spiro atoms. The molecule has 0 bridgehead atoms. The third kappa shape index (κ3) is 4.26. The van der Waals surface area contributed by atoms with Crippen molar-refractivity contribution >= 4 is 61.8 Å². The Morgan fingerprint density at radius 3 is 2.77 bits per heavy atom. The molecule has 31 heavy (non-hydrogen) atoms. The number of esters is 1. The molecular weight excluding hydrogens is 432 g/mol. The fraction of sp³-hybridized carbons (Fsp3) is 0.286. The lowest BCUT2D eigenvalue weighted by atomic mass is 10.2. The monoisotopic (exact) mass is 454 g/mol. The highest BCUT2D eigenvalue weighted by molar-refractivity contribution is 7.98. The number of anilines is 2. The Kier molecular flexibility index (Phi) is 6.19. The molecule has 4 rings (SSSR count). The van der Waals surface area contributed by atoms with Gasteiger partial charge in [-0.25, -0.2) is 24.7 Å². The Balaban J connectivity index is 1.63. The predicted octanol–water partition coefficient (Wildman–Crippen LogP) is 4.43. The summed E-state index contributed by atoms with van der Waals surface area (Å²) in [5.41, 5.74) is 7.83. The lowest BCUT2D eigenvalue weighted by Gasteiger charge is -2.09. The van der Waals surface area contributed by atoms with Crippen LogP contribution >= 0.6 is 23.1 Å². The van der Waals surface area contributed by atoms with Gasteiger partial charge >= 0.3 is 5.97 Å². The van der Waals surface area contributed by atoms with E-state index in [9.17, 15) is 4.79 Å². The average Bonchev–Trinajstić information content (AvgIpc) is 3.09. The van der Waals surface area contributed by atoms with E-state index < -0.39 is 0 Å². The number of nitrogens with two attached hydrogens (primary N) is 1. The van der Waals surface area contributed by atoms with Gasteiger partial charge in [-0.2, -0.15) is 0 Å². The summed E-state index contributed by atoms with van der Waals surface area (Å²) in [6, 6.07) is 7.89. The minimum atomic E-state index is -0.362. The highest BCUT2D eigenvalue weighted by Gasteiger charge is 2.20. The third-order valence-corrected chi connectivity index (χ3v) is 6.59. The van der Waals surface area contributed by atoms with Crippen LogP contribution in [-0.2, 0) is 10.5 Å². The number of rotatable bonds is 7. The summed E-state index contributed by atoms with van der Waals surface area (Å²) in [5.74, 6) is 1.82. The first-order valence-electron chi connectivity index (χ1n) is 9.87. The van der Waals surface area contributed by atoms with Crippen molar-refractivity contribution in [1.29, 1.82) is 0 Å². The van der Waals surface area contributed by atoms with Crippen molar-refractivity contribution in [3.63, 3.8) is 0 Å². The van der Waals surface area contributed by atoms with E-state index >= 15 is 0 Å². The molecule has 0 atom stereocenters. The zero-order valence-corrected chi connectivity index (χ0v) is 19.1. The van der Waals surface area contributed by atoms with E-state index in [1.54, 1.807) is 6.92 Å². The van der Waals surface area contributed by atoms with Crippen molar-refractivity contribution in [3.05, 3.63) is 40.5 Å². The Labute approximate surface area is 187 Å². The minimum absolute atomic E-state index is 0.316. The van der Waals surface area contributed by atoms with Crippen LogP contribution in [0.2, 0.25) is 0 Å². The Morgan fingerprint density at radius 2 is 2.00 bits per heavy atom. The van der Waals surface area contributed by atoms with Crippen LogP contribution in [0.5, 0.6) is 0 Å². The number of hydrogen-bond donors (Lipinski definition) is 2. The summed E-state index contributed by atoms with van der Waals surface area (Å²) in [5, 5.41) is 5.61. The molecule has 3 heterocycles. The molecule has 160 valence electrons. The number of carbonyl (C=O) groups excluding carboxylic acids is 1. The molecule has 4 aromatic rings. The van der Waals surface area contributed by atoms with E-state index in [0.29, 0.717) is 44.3 Å². The van der Waals surface area contributed by atoms with Crippen molar-refractivity contribution in [2.45, 2.75) is 31.7 Å². The van der Waals surface area contributed by atoms with Gasteiger partial charge in [-0.3, -0.25) is 0 Å². The number of nitrogens with zero attached hydrogens (tertiary/aromatic N) is 4. The van der Waals surface area contributed by atoms with E-state index in [2.05, 4.69) is 25.3 Å². The third-order valence-electron chi connectivity index (χ3n) is 4.58. The molecule has 3 N–H and O–H groups in total. The van der Waals surface area contributed by atoms with Crippen LogP contribution in [-0.4, -0.2) is 39.1 Å². The maximum Gasteiger partial charge on any atom is 0.348 e. The van der Waals surface area contributed by atoms with Crippen molar-refractivity contribution in [1.82, 2.24) is 19.9 Å². The number of para-hydroxylation sites is 1. The first-order chi connectivity index (χ1) is 15.0. The number of fused-ring (bicyclic) bond motifs is 2. The topological polar surface area (TPSA) is 116 Å². The fourth-order valence-corrected chi connectivity index (χ4v) is 5.03. The molecule has 3 aromatic heterocycles. The van der Waals surface area contributed by atoms with Crippen molar-refractivity contribution in [3.8, 4) is 0 Å². The standard InChI is InChI=1S/C21H22N6O2S2/c1-4-23-18-12-8-6-7-9-13(12)24-21(27-18)30-10-14-25-17(22)15-11(3)16(20(28)29-5-2)31-19(15)26-14/h6-9H,4-5,10H2,1-3H3,(H2,22,25,26)(H,23,24,27). The summed E-state index contributed by atoms with van der Waals surface area (Å²) in [6.45, 7) is 6.73. The first kappa shape index (κ1) is 21.3. The highest BCUT2D eigenvalue weighted by Crippen LogP contribution is 2.34. The number of hydrogen-bond acceptors (Lipinski definition) is 10. The molecule has 1 aromatic carbocycles. The van der Waals surface area contributed by atoms with Crippen LogP contribution in [0, 0.1) is 6.92 Å². The van der Waals surface area contributed by atoms with Crippen LogP contribution in [0.3, 0.4) is 0 Å². The van der Waals surface area contributed by atoms with Crippen molar-refractivity contribution < 1.29 is 9.53 Å². The summed E-state index contributed by atoms with van der Waals surface area (Å²) >= 11 is 2.72. The lowest BCUT2D eigenvalue weighted by molar-refractivity contribution is 0.0531. The summed E-state index contributed by atoms with van der Waals surface area (Å²) in [7, 11) is 0. The van der Waals surface area contributed by atoms with Crippen LogP contribution < -0.4 is 11.1 Å². The van der Waals surface area contributed by atoms with E-state index in [-0.39, 0.29) is 5.97 Å². The molecule has 0 aliphatic carbocycles. The van der Waals surface area contributed by atoms with Gasteiger partial charge in [0.25, 0.3) is 0 Å². The van der Waals surface area contributed by atoms with Crippen LogP contribution in [0.15, 0.2) is 29.4 Å². The Morgan fingerprint density at radius 1 is 1.19 bits per heavy atom. The van der Waals surface area contributed by atoms with E-state index in [1.807, 2.05) is 38.1 Å². The molecular formula is C21H22N6O2S2. The molecule has 0 aliphatic heterocycles. The molecule has 0 unspecified atom stereocenters.